The first-order valence-corrected chi connectivity index (χ1v) is 7.57. The topological polar surface area (TPSA) is 58.0 Å². The summed E-state index contributed by atoms with van der Waals surface area (Å²) in [7, 11) is 0. The van der Waals surface area contributed by atoms with Crippen molar-refractivity contribution >= 4 is 5.82 Å². The molecule has 0 unspecified atom stereocenters. The number of aliphatic hydroxyl groups is 1. The van der Waals surface area contributed by atoms with Gasteiger partial charge < -0.3 is 10.4 Å². The normalized spacial score (nSPS) is 27.8. The van der Waals surface area contributed by atoms with Crippen molar-refractivity contribution in [2.45, 2.75) is 56.9 Å². The molecule has 0 aromatic carbocycles. The van der Waals surface area contributed by atoms with E-state index in [-0.39, 0.29) is 6.61 Å². The predicted octanol–water partition coefficient (Wildman–Crippen LogP) is 2.71. The van der Waals surface area contributed by atoms with Crippen LogP contribution in [0, 0.1) is 5.92 Å². The molecule has 4 heteroatoms. The van der Waals surface area contributed by atoms with E-state index >= 15 is 0 Å². The maximum atomic E-state index is 9.54. The molecule has 0 bridgehead atoms. The van der Waals surface area contributed by atoms with Crippen molar-refractivity contribution in [1.82, 2.24) is 9.97 Å². The number of hydrogen-bond acceptors (Lipinski definition) is 4. The monoisotopic (exact) mass is 261 g/mol. The van der Waals surface area contributed by atoms with Crippen molar-refractivity contribution in [3.05, 3.63) is 18.1 Å². The molecule has 2 aliphatic rings. The summed E-state index contributed by atoms with van der Waals surface area (Å²) in [6.45, 7) is 0.276. The van der Waals surface area contributed by atoms with Crippen LogP contribution >= 0.6 is 0 Å². The van der Waals surface area contributed by atoms with E-state index < -0.39 is 0 Å². The van der Waals surface area contributed by atoms with Crippen LogP contribution in [0.15, 0.2) is 12.3 Å². The Labute approximate surface area is 114 Å². The molecule has 0 radical (unpaired) electrons. The summed E-state index contributed by atoms with van der Waals surface area (Å²) < 4.78 is 0. The lowest BCUT2D eigenvalue weighted by molar-refractivity contribution is 0.203. The van der Waals surface area contributed by atoms with E-state index in [4.69, 9.17) is 0 Å². The SMILES string of the molecule is OC[C@@H]1CCCCC[C@H]1Nc1ccnc(C2CC2)n1. The molecule has 2 fully saturated rings. The number of anilines is 1. The molecular formula is C15H23N3O. The highest BCUT2D eigenvalue weighted by molar-refractivity contribution is 5.35. The lowest BCUT2D eigenvalue weighted by Crippen LogP contribution is -2.31. The van der Waals surface area contributed by atoms with E-state index in [2.05, 4.69) is 15.3 Å². The van der Waals surface area contributed by atoms with Crippen LogP contribution in [0.5, 0.6) is 0 Å². The Balaban J connectivity index is 1.69. The first kappa shape index (κ1) is 12.9. The van der Waals surface area contributed by atoms with Gasteiger partial charge in [-0.15, -0.1) is 0 Å². The van der Waals surface area contributed by atoms with Crippen LogP contribution in [-0.2, 0) is 0 Å². The van der Waals surface area contributed by atoms with E-state index in [0.29, 0.717) is 17.9 Å². The number of aromatic nitrogens is 2. The summed E-state index contributed by atoms with van der Waals surface area (Å²) in [6.07, 6.45) is 10.3. The Morgan fingerprint density at radius 3 is 2.79 bits per heavy atom. The summed E-state index contributed by atoms with van der Waals surface area (Å²) in [6, 6.07) is 2.31. The number of nitrogens with one attached hydrogen (secondary N) is 1. The first-order chi connectivity index (χ1) is 9.36. The van der Waals surface area contributed by atoms with Crippen LogP contribution in [-0.4, -0.2) is 27.7 Å². The van der Waals surface area contributed by atoms with Gasteiger partial charge in [-0.25, -0.2) is 9.97 Å². The molecule has 104 valence electrons. The van der Waals surface area contributed by atoms with E-state index in [0.717, 1.165) is 24.5 Å². The molecule has 0 saturated heterocycles. The maximum Gasteiger partial charge on any atom is 0.133 e. The van der Waals surface area contributed by atoms with Crippen molar-refractivity contribution in [3.63, 3.8) is 0 Å². The Bertz CT molecular complexity index is 420. The zero-order valence-corrected chi connectivity index (χ0v) is 11.4. The van der Waals surface area contributed by atoms with Crippen molar-refractivity contribution in [2.24, 2.45) is 5.92 Å². The van der Waals surface area contributed by atoms with Gasteiger partial charge in [-0.3, -0.25) is 0 Å². The third-order valence-electron chi connectivity index (χ3n) is 4.34. The van der Waals surface area contributed by atoms with Gasteiger partial charge >= 0.3 is 0 Å². The van der Waals surface area contributed by atoms with Gasteiger partial charge in [-0.05, 0) is 31.7 Å². The zero-order chi connectivity index (χ0) is 13.1. The molecule has 1 heterocycles. The van der Waals surface area contributed by atoms with Gasteiger partial charge in [-0.1, -0.05) is 19.3 Å². The fourth-order valence-corrected chi connectivity index (χ4v) is 2.98. The Kier molecular flexibility index (Phi) is 3.97. The quantitative estimate of drug-likeness (QED) is 0.818. The van der Waals surface area contributed by atoms with Gasteiger partial charge in [0, 0.05) is 30.7 Å². The highest BCUT2D eigenvalue weighted by Crippen LogP contribution is 2.38. The minimum absolute atomic E-state index is 0.276. The van der Waals surface area contributed by atoms with Crippen LogP contribution in [0.25, 0.3) is 0 Å². The molecule has 1 aromatic rings. The second-order valence-electron chi connectivity index (χ2n) is 5.91. The molecule has 3 rings (SSSR count). The largest absolute Gasteiger partial charge is 0.396 e. The fraction of sp³-hybridized carbons (Fsp3) is 0.733. The summed E-state index contributed by atoms with van der Waals surface area (Å²) in [4.78, 5) is 8.98. The molecule has 0 spiro atoms. The van der Waals surface area contributed by atoms with Crippen LogP contribution in [0.2, 0.25) is 0 Å². The molecule has 0 aliphatic heterocycles. The van der Waals surface area contributed by atoms with Gasteiger partial charge in [-0.2, -0.15) is 0 Å². The summed E-state index contributed by atoms with van der Waals surface area (Å²) in [5, 5.41) is 13.1. The van der Waals surface area contributed by atoms with E-state index in [1.165, 1.54) is 32.1 Å². The molecule has 19 heavy (non-hydrogen) atoms. The Morgan fingerprint density at radius 2 is 2.00 bits per heavy atom. The number of aliphatic hydroxyl groups excluding tert-OH is 1. The zero-order valence-electron chi connectivity index (χ0n) is 11.4. The smallest absolute Gasteiger partial charge is 0.133 e. The highest BCUT2D eigenvalue weighted by atomic mass is 16.3. The van der Waals surface area contributed by atoms with E-state index in [1.54, 1.807) is 0 Å². The highest BCUT2D eigenvalue weighted by Gasteiger charge is 2.27. The summed E-state index contributed by atoms with van der Waals surface area (Å²) in [5.74, 6) is 2.87. The van der Waals surface area contributed by atoms with Crippen LogP contribution in [0.1, 0.15) is 56.7 Å². The predicted molar refractivity (Wildman–Crippen MR) is 75.1 cm³/mol. The van der Waals surface area contributed by atoms with Gasteiger partial charge in [0.1, 0.15) is 11.6 Å². The van der Waals surface area contributed by atoms with Crippen LogP contribution < -0.4 is 5.32 Å². The third-order valence-corrected chi connectivity index (χ3v) is 4.34. The average Bonchev–Trinajstić information content (AvgIpc) is 3.27. The number of rotatable bonds is 4. The van der Waals surface area contributed by atoms with Gasteiger partial charge in [0.05, 0.1) is 0 Å². The van der Waals surface area contributed by atoms with Crippen molar-refractivity contribution in [3.8, 4) is 0 Å². The summed E-state index contributed by atoms with van der Waals surface area (Å²) >= 11 is 0. The molecule has 4 nitrogen and oxygen atoms in total. The molecule has 2 aliphatic carbocycles. The summed E-state index contributed by atoms with van der Waals surface area (Å²) in [5.41, 5.74) is 0. The second-order valence-corrected chi connectivity index (χ2v) is 5.91. The van der Waals surface area contributed by atoms with Crippen LogP contribution in [0.3, 0.4) is 0 Å². The molecule has 2 atom stereocenters. The molecule has 2 saturated carbocycles. The van der Waals surface area contributed by atoms with Gasteiger partial charge in [0.25, 0.3) is 0 Å². The Hall–Kier alpha value is -1.16. The lowest BCUT2D eigenvalue weighted by atomic mass is 9.96. The van der Waals surface area contributed by atoms with Gasteiger partial charge in [0.2, 0.25) is 0 Å². The fourth-order valence-electron chi connectivity index (χ4n) is 2.98. The van der Waals surface area contributed by atoms with E-state index in [9.17, 15) is 5.11 Å². The average molecular weight is 261 g/mol. The minimum atomic E-state index is 0.276. The molecule has 2 N–H and O–H groups in total. The van der Waals surface area contributed by atoms with Crippen molar-refractivity contribution in [2.75, 3.05) is 11.9 Å². The second kappa shape index (κ2) is 5.87. The molecular weight excluding hydrogens is 238 g/mol. The van der Waals surface area contributed by atoms with E-state index in [1.807, 2.05) is 12.3 Å². The third kappa shape index (κ3) is 3.24. The lowest BCUT2D eigenvalue weighted by Gasteiger charge is -2.25. The van der Waals surface area contributed by atoms with Crippen LogP contribution in [0.4, 0.5) is 5.82 Å². The maximum absolute atomic E-state index is 9.54. The van der Waals surface area contributed by atoms with Crippen molar-refractivity contribution in [1.29, 1.82) is 0 Å². The standard InChI is InChI=1S/C15H23N3O/c19-10-12-4-2-1-3-5-13(12)17-14-8-9-16-15(18-14)11-6-7-11/h8-9,11-13,19H,1-7,10H2,(H,16,17,18)/t12-,13+/m0/s1. The molecule has 1 aromatic heterocycles. The Morgan fingerprint density at radius 1 is 1.16 bits per heavy atom. The first-order valence-electron chi connectivity index (χ1n) is 7.57. The number of hydrogen-bond donors (Lipinski definition) is 2. The minimum Gasteiger partial charge on any atom is -0.396 e. The van der Waals surface area contributed by atoms with Crippen molar-refractivity contribution < 1.29 is 5.11 Å². The number of nitrogens with zero attached hydrogens (tertiary/aromatic N) is 2. The van der Waals surface area contributed by atoms with Gasteiger partial charge in [0.15, 0.2) is 0 Å². The molecule has 0 amide bonds.